The van der Waals surface area contributed by atoms with E-state index in [9.17, 15) is 4.79 Å². The fourth-order valence-corrected chi connectivity index (χ4v) is 1.53. The molecule has 0 aromatic rings. The van der Waals surface area contributed by atoms with Gasteiger partial charge in [0.1, 0.15) is 0 Å². The molecule has 1 N–H and O–H groups in total. The monoisotopic (exact) mass is 199 g/mol. The van der Waals surface area contributed by atoms with Crippen LogP contribution in [0.1, 0.15) is 53.9 Å². The largest absolute Gasteiger partial charge is 0.354 e. The molecule has 0 unspecified atom stereocenters. The van der Waals surface area contributed by atoms with Gasteiger partial charge in [0, 0.05) is 12.5 Å². The van der Waals surface area contributed by atoms with Gasteiger partial charge in [0.15, 0.2) is 0 Å². The highest BCUT2D eigenvalue weighted by atomic mass is 16.1. The average Bonchev–Trinajstić information content (AvgIpc) is 1.98. The molecule has 0 aliphatic rings. The van der Waals surface area contributed by atoms with Gasteiger partial charge in [-0.3, -0.25) is 4.79 Å². The molecule has 2 nitrogen and oxygen atoms in total. The molecule has 0 aromatic heterocycles. The molecule has 0 aromatic carbocycles. The van der Waals surface area contributed by atoms with Gasteiger partial charge >= 0.3 is 0 Å². The van der Waals surface area contributed by atoms with Crippen molar-refractivity contribution in [3.05, 3.63) is 0 Å². The maximum absolute atomic E-state index is 11.4. The van der Waals surface area contributed by atoms with Crippen LogP contribution < -0.4 is 5.32 Å². The summed E-state index contributed by atoms with van der Waals surface area (Å²) in [5, 5.41) is 3.03. The molecule has 0 radical (unpaired) electrons. The van der Waals surface area contributed by atoms with E-state index in [1.807, 2.05) is 0 Å². The Morgan fingerprint density at radius 1 is 1.07 bits per heavy atom. The van der Waals surface area contributed by atoms with Crippen molar-refractivity contribution < 1.29 is 4.79 Å². The Morgan fingerprint density at radius 3 is 2.07 bits per heavy atom. The lowest BCUT2D eigenvalue weighted by molar-refractivity contribution is -0.122. The maximum Gasteiger partial charge on any atom is 0.220 e. The van der Waals surface area contributed by atoms with Crippen molar-refractivity contribution in [1.82, 2.24) is 5.32 Å². The molecule has 2 heteroatoms. The normalized spacial score (nSPS) is 13.4. The number of carbonyl (C=O) groups excluding carboxylic acids is 1. The minimum absolute atomic E-state index is 0.201. The van der Waals surface area contributed by atoms with Gasteiger partial charge in [-0.1, -0.05) is 27.7 Å². The molecule has 0 aliphatic heterocycles. The number of carbonyl (C=O) groups is 1. The lowest BCUT2D eigenvalue weighted by atomic mass is 10.0. The van der Waals surface area contributed by atoms with Crippen LogP contribution in [0.15, 0.2) is 0 Å². The Balaban J connectivity index is 3.60. The zero-order valence-electron chi connectivity index (χ0n) is 10.3. The van der Waals surface area contributed by atoms with Crippen molar-refractivity contribution in [3.8, 4) is 0 Å². The number of hydrogen-bond acceptors (Lipinski definition) is 1. The quantitative estimate of drug-likeness (QED) is 0.700. The zero-order chi connectivity index (χ0) is 11.1. The summed E-state index contributed by atoms with van der Waals surface area (Å²) in [6.45, 7) is 10.7. The lowest BCUT2D eigenvalue weighted by Crippen LogP contribution is -2.33. The summed E-state index contributed by atoms with van der Waals surface area (Å²) in [5.74, 6) is 1.46. The molecule has 0 fully saturated rings. The topological polar surface area (TPSA) is 29.1 Å². The van der Waals surface area contributed by atoms with E-state index in [0.29, 0.717) is 24.3 Å². The average molecular weight is 199 g/mol. The molecule has 0 saturated heterocycles. The van der Waals surface area contributed by atoms with Crippen LogP contribution in [0.3, 0.4) is 0 Å². The predicted octanol–water partition coefficient (Wildman–Crippen LogP) is 2.97. The summed E-state index contributed by atoms with van der Waals surface area (Å²) in [5.41, 5.74) is 0. The van der Waals surface area contributed by atoms with E-state index in [1.165, 1.54) is 0 Å². The fourth-order valence-electron chi connectivity index (χ4n) is 1.53. The summed E-state index contributed by atoms with van der Waals surface area (Å²) in [4.78, 5) is 11.4. The summed E-state index contributed by atoms with van der Waals surface area (Å²) in [6.07, 6.45) is 2.72. The highest BCUT2D eigenvalue weighted by Gasteiger charge is 2.09. The minimum Gasteiger partial charge on any atom is -0.354 e. The molecule has 0 aliphatic carbocycles. The fraction of sp³-hybridized carbons (Fsp3) is 0.917. The Morgan fingerprint density at radius 2 is 1.64 bits per heavy atom. The first kappa shape index (κ1) is 13.5. The molecule has 0 bridgehead atoms. The SMILES string of the molecule is CC(C)CCC(=O)N[C@@H](C)CC(C)C. The molecule has 0 rings (SSSR count). The van der Waals surface area contributed by atoms with Gasteiger partial charge in [-0.2, -0.15) is 0 Å². The number of amides is 1. The summed E-state index contributed by atoms with van der Waals surface area (Å²) in [6, 6.07) is 0.315. The lowest BCUT2D eigenvalue weighted by Gasteiger charge is -2.16. The van der Waals surface area contributed by atoms with Gasteiger partial charge in [0.05, 0.1) is 0 Å². The maximum atomic E-state index is 11.4. The van der Waals surface area contributed by atoms with Crippen LogP contribution in [0.2, 0.25) is 0 Å². The molecule has 1 atom stereocenters. The standard InChI is InChI=1S/C12H25NO/c1-9(2)6-7-12(14)13-11(5)8-10(3)4/h9-11H,6-8H2,1-5H3,(H,13,14)/t11-/m0/s1. The molecule has 84 valence electrons. The molecule has 14 heavy (non-hydrogen) atoms. The van der Waals surface area contributed by atoms with E-state index in [2.05, 4.69) is 39.9 Å². The Kier molecular flexibility index (Phi) is 6.60. The number of nitrogens with one attached hydrogen (secondary N) is 1. The van der Waals surface area contributed by atoms with Crippen molar-refractivity contribution in [2.75, 3.05) is 0 Å². The first-order valence-corrected chi connectivity index (χ1v) is 5.71. The molecule has 0 saturated carbocycles. The van der Waals surface area contributed by atoms with Gasteiger partial charge in [-0.15, -0.1) is 0 Å². The van der Waals surface area contributed by atoms with Crippen molar-refractivity contribution in [2.24, 2.45) is 11.8 Å². The van der Waals surface area contributed by atoms with E-state index in [0.717, 1.165) is 12.8 Å². The van der Waals surface area contributed by atoms with Crippen LogP contribution >= 0.6 is 0 Å². The second-order valence-corrected chi connectivity index (χ2v) is 5.03. The third-order valence-electron chi connectivity index (χ3n) is 2.18. The Labute approximate surface area is 88.5 Å². The third kappa shape index (κ3) is 8.09. The molecule has 0 spiro atoms. The first-order chi connectivity index (χ1) is 6.41. The van der Waals surface area contributed by atoms with Crippen molar-refractivity contribution in [3.63, 3.8) is 0 Å². The van der Waals surface area contributed by atoms with E-state index in [1.54, 1.807) is 0 Å². The summed E-state index contributed by atoms with van der Waals surface area (Å²) < 4.78 is 0. The Bertz CT molecular complexity index is 164. The molecule has 1 amide bonds. The second kappa shape index (κ2) is 6.86. The summed E-state index contributed by atoms with van der Waals surface area (Å²) >= 11 is 0. The van der Waals surface area contributed by atoms with Crippen molar-refractivity contribution >= 4 is 5.91 Å². The van der Waals surface area contributed by atoms with Crippen molar-refractivity contribution in [1.29, 1.82) is 0 Å². The number of rotatable bonds is 6. The van der Waals surface area contributed by atoms with Gasteiger partial charge < -0.3 is 5.32 Å². The van der Waals surface area contributed by atoms with Crippen LogP contribution in [0, 0.1) is 11.8 Å². The Hall–Kier alpha value is -0.530. The summed E-state index contributed by atoms with van der Waals surface area (Å²) in [7, 11) is 0. The van der Waals surface area contributed by atoms with Crippen LogP contribution in [0.25, 0.3) is 0 Å². The molecular weight excluding hydrogens is 174 g/mol. The van der Waals surface area contributed by atoms with Gasteiger partial charge in [0.2, 0.25) is 5.91 Å². The highest BCUT2D eigenvalue weighted by Crippen LogP contribution is 2.06. The smallest absolute Gasteiger partial charge is 0.220 e. The highest BCUT2D eigenvalue weighted by molar-refractivity contribution is 5.76. The minimum atomic E-state index is 0.201. The van der Waals surface area contributed by atoms with Crippen LogP contribution in [0.5, 0.6) is 0 Å². The van der Waals surface area contributed by atoms with E-state index >= 15 is 0 Å². The van der Waals surface area contributed by atoms with Gasteiger partial charge in [-0.05, 0) is 31.6 Å². The van der Waals surface area contributed by atoms with Crippen LogP contribution in [0.4, 0.5) is 0 Å². The zero-order valence-corrected chi connectivity index (χ0v) is 10.3. The van der Waals surface area contributed by atoms with E-state index in [4.69, 9.17) is 0 Å². The third-order valence-corrected chi connectivity index (χ3v) is 2.18. The molecular formula is C12H25NO. The molecule has 0 heterocycles. The second-order valence-electron chi connectivity index (χ2n) is 5.03. The van der Waals surface area contributed by atoms with Crippen LogP contribution in [-0.2, 0) is 4.79 Å². The first-order valence-electron chi connectivity index (χ1n) is 5.71. The number of hydrogen-bond donors (Lipinski definition) is 1. The predicted molar refractivity (Wildman–Crippen MR) is 61.1 cm³/mol. The van der Waals surface area contributed by atoms with Crippen molar-refractivity contribution in [2.45, 2.75) is 59.9 Å². The van der Waals surface area contributed by atoms with E-state index in [-0.39, 0.29) is 5.91 Å². The van der Waals surface area contributed by atoms with Crippen LogP contribution in [-0.4, -0.2) is 11.9 Å². The van der Waals surface area contributed by atoms with Gasteiger partial charge in [-0.25, -0.2) is 0 Å². The van der Waals surface area contributed by atoms with E-state index < -0.39 is 0 Å². The van der Waals surface area contributed by atoms with Gasteiger partial charge in [0.25, 0.3) is 0 Å².